The molecule has 4 rings (SSSR count). The Bertz CT molecular complexity index is 999. The second kappa shape index (κ2) is 6.61. The van der Waals surface area contributed by atoms with E-state index in [1.807, 2.05) is 36.6 Å². The zero-order valence-electron chi connectivity index (χ0n) is 14.1. The van der Waals surface area contributed by atoms with Crippen LogP contribution in [-0.2, 0) is 17.6 Å². The number of aromatic nitrogens is 1. The first-order valence-electron chi connectivity index (χ1n) is 8.31. The fraction of sp³-hybridized carbons (Fsp3) is 0.200. The van der Waals surface area contributed by atoms with Crippen LogP contribution in [0.3, 0.4) is 0 Å². The SMILES string of the molecule is Cc1cccc(-c2nc(CC(=O)N3CCc4c(F)cc(F)cc43)cs2)c1. The molecule has 0 bridgehead atoms. The number of halogens is 2. The molecular weight excluding hydrogens is 354 g/mol. The Morgan fingerprint density at radius 3 is 2.92 bits per heavy atom. The van der Waals surface area contributed by atoms with Gasteiger partial charge in [0.05, 0.1) is 17.8 Å². The van der Waals surface area contributed by atoms with Crippen LogP contribution in [0.4, 0.5) is 14.5 Å². The Kier molecular flexibility index (Phi) is 4.28. The van der Waals surface area contributed by atoms with Gasteiger partial charge >= 0.3 is 0 Å². The van der Waals surface area contributed by atoms with Gasteiger partial charge in [-0.3, -0.25) is 4.79 Å². The Balaban J connectivity index is 1.54. The number of carbonyl (C=O) groups excluding carboxylic acids is 1. The summed E-state index contributed by atoms with van der Waals surface area (Å²) < 4.78 is 27.4. The summed E-state index contributed by atoms with van der Waals surface area (Å²) in [6, 6.07) is 10.1. The molecule has 3 aromatic rings. The van der Waals surface area contributed by atoms with E-state index < -0.39 is 11.6 Å². The minimum absolute atomic E-state index is 0.111. The van der Waals surface area contributed by atoms with Gasteiger partial charge in [0.2, 0.25) is 5.91 Å². The maximum Gasteiger partial charge on any atom is 0.233 e. The van der Waals surface area contributed by atoms with Gasteiger partial charge in [0.25, 0.3) is 0 Å². The maximum atomic E-state index is 13.9. The molecule has 0 atom stereocenters. The van der Waals surface area contributed by atoms with E-state index in [0.717, 1.165) is 22.2 Å². The van der Waals surface area contributed by atoms with Crippen LogP contribution in [0.2, 0.25) is 0 Å². The molecule has 26 heavy (non-hydrogen) atoms. The van der Waals surface area contributed by atoms with Crippen molar-refractivity contribution in [2.24, 2.45) is 0 Å². The van der Waals surface area contributed by atoms with E-state index >= 15 is 0 Å². The molecule has 132 valence electrons. The number of hydrogen-bond acceptors (Lipinski definition) is 3. The monoisotopic (exact) mass is 370 g/mol. The molecular formula is C20H16F2N2OS. The van der Waals surface area contributed by atoms with Crippen molar-refractivity contribution < 1.29 is 13.6 Å². The number of rotatable bonds is 3. The van der Waals surface area contributed by atoms with E-state index in [-0.39, 0.29) is 12.3 Å². The van der Waals surface area contributed by atoms with E-state index in [9.17, 15) is 13.6 Å². The Morgan fingerprint density at radius 2 is 2.12 bits per heavy atom. The lowest BCUT2D eigenvalue weighted by atomic mass is 10.1. The van der Waals surface area contributed by atoms with Gasteiger partial charge < -0.3 is 4.90 Å². The predicted octanol–water partition coefficient (Wildman–Crippen LogP) is 4.53. The molecule has 1 aliphatic rings. The number of fused-ring (bicyclic) bond motifs is 1. The summed E-state index contributed by atoms with van der Waals surface area (Å²) in [7, 11) is 0. The van der Waals surface area contributed by atoms with Crippen molar-refractivity contribution in [1.29, 1.82) is 0 Å². The third-order valence-electron chi connectivity index (χ3n) is 4.46. The molecule has 0 unspecified atom stereocenters. The van der Waals surface area contributed by atoms with Gasteiger partial charge in [-0.15, -0.1) is 11.3 Å². The third kappa shape index (κ3) is 3.12. The highest BCUT2D eigenvalue weighted by atomic mass is 32.1. The number of carbonyl (C=O) groups is 1. The van der Waals surface area contributed by atoms with Crippen molar-refractivity contribution in [3.63, 3.8) is 0 Å². The molecule has 1 aliphatic heterocycles. The van der Waals surface area contributed by atoms with Crippen molar-refractivity contribution >= 4 is 22.9 Å². The minimum atomic E-state index is -0.670. The quantitative estimate of drug-likeness (QED) is 0.679. The fourth-order valence-corrected chi connectivity index (χ4v) is 4.05. The molecule has 0 radical (unpaired) electrons. The molecule has 3 nitrogen and oxygen atoms in total. The summed E-state index contributed by atoms with van der Waals surface area (Å²) in [5, 5.41) is 2.72. The van der Waals surface area contributed by atoms with Crippen LogP contribution in [0.1, 0.15) is 16.8 Å². The smallest absolute Gasteiger partial charge is 0.233 e. The first kappa shape index (κ1) is 16.8. The molecule has 0 aliphatic carbocycles. The van der Waals surface area contributed by atoms with Crippen LogP contribution in [0.15, 0.2) is 41.8 Å². The summed E-state index contributed by atoms with van der Waals surface area (Å²) >= 11 is 1.48. The number of nitrogens with zero attached hydrogens (tertiary/aromatic N) is 2. The Morgan fingerprint density at radius 1 is 1.27 bits per heavy atom. The van der Waals surface area contributed by atoms with Crippen LogP contribution >= 0.6 is 11.3 Å². The highest BCUT2D eigenvalue weighted by Crippen LogP contribution is 2.32. The number of thiazole rings is 1. The summed E-state index contributed by atoms with van der Waals surface area (Å²) in [5.74, 6) is -1.46. The van der Waals surface area contributed by atoms with Crippen molar-refractivity contribution in [3.05, 3.63) is 70.2 Å². The maximum absolute atomic E-state index is 13.9. The first-order valence-corrected chi connectivity index (χ1v) is 9.19. The van der Waals surface area contributed by atoms with E-state index in [1.165, 1.54) is 22.3 Å². The molecule has 2 aromatic carbocycles. The first-order chi connectivity index (χ1) is 12.5. The third-order valence-corrected chi connectivity index (χ3v) is 5.40. The fourth-order valence-electron chi connectivity index (χ4n) is 3.23. The van der Waals surface area contributed by atoms with Gasteiger partial charge in [-0.2, -0.15) is 0 Å². The summed E-state index contributed by atoms with van der Waals surface area (Å²) in [6.07, 6.45) is 0.513. The summed E-state index contributed by atoms with van der Waals surface area (Å²) in [6.45, 7) is 2.38. The molecule has 0 saturated heterocycles. The van der Waals surface area contributed by atoms with Gasteiger partial charge in [0.15, 0.2) is 0 Å². The van der Waals surface area contributed by atoms with E-state index in [1.54, 1.807) is 0 Å². The van der Waals surface area contributed by atoms with E-state index in [2.05, 4.69) is 4.98 Å². The lowest BCUT2D eigenvalue weighted by Crippen LogP contribution is -2.30. The zero-order valence-corrected chi connectivity index (χ0v) is 14.9. The number of benzene rings is 2. The van der Waals surface area contributed by atoms with E-state index in [4.69, 9.17) is 0 Å². The summed E-state index contributed by atoms with van der Waals surface area (Å²) in [4.78, 5) is 18.6. The lowest BCUT2D eigenvalue weighted by molar-refractivity contribution is -0.117. The van der Waals surface area contributed by atoms with Gasteiger partial charge in [0.1, 0.15) is 16.6 Å². The molecule has 0 spiro atoms. The highest BCUT2D eigenvalue weighted by Gasteiger charge is 2.28. The number of amides is 1. The van der Waals surface area contributed by atoms with Gasteiger partial charge in [-0.1, -0.05) is 23.8 Å². The number of hydrogen-bond donors (Lipinski definition) is 0. The van der Waals surface area contributed by atoms with Crippen molar-refractivity contribution in [3.8, 4) is 10.6 Å². The van der Waals surface area contributed by atoms with Crippen LogP contribution in [0.5, 0.6) is 0 Å². The standard InChI is InChI=1S/C20H16F2N2OS/c1-12-3-2-4-13(7-12)20-23-15(11-26-20)10-19(25)24-6-5-16-17(22)8-14(21)9-18(16)24/h2-4,7-9,11H,5-6,10H2,1H3. The second-order valence-corrected chi connectivity index (χ2v) is 7.23. The van der Waals surface area contributed by atoms with Crippen molar-refractivity contribution in [1.82, 2.24) is 4.98 Å². The van der Waals surface area contributed by atoms with Crippen LogP contribution in [-0.4, -0.2) is 17.4 Å². The number of aryl methyl sites for hydroxylation is 1. The average Bonchev–Trinajstić information content (AvgIpc) is 3.22. The van der Waals surface area contributed by atoms with Crippen LogP contribution < -0.4 is 4.90 Å². The largest absolute Gasteiger partial charge is 0.311 e. The van der Waals surface area contributed by atoms with Crippen LogP contribution in [0.25, 0.3) is 10.6 Å². The van der Waals surface area contributed by atoms with Crippen molar-refractivity contribution in [2.45, 2.75) is 19.8 Å². The zero-order chi connectivity index (χ0) is 18.3. The predicted molar refractivity (Wildman–Crippen MR) is 98.4 cm³/mol. The summed E-state index contributed by atoms with van der Waals surface area (Å²) in [5.41, 5.74) is 3.57. The second-order valence-electron chi connectivity index (χ2n) is 6.37. The topological polar surface area (TPSA) is 33.2 Å². The average molecular weight is 370 g/mol. The van der Waals surface area contributed by atoms with Crippen molar-refractivity contribution in [2.75, 3.05) is 11.4 Å². The normalized spacial score (nSPS) is 13.1. The van der Waals surface area contributed by atoms with Gasteiger partial charge in [-0.25, -0.2) is 13.8 Å². The molecule has 0 N–H and O–H groups in total. The molecule has 0 saturated carbocycles. The Hall–Kier alpha value is -2.60. The molecule has 6 heteroatoms. The van der Waals surface area contributed by atoms with Crippen LogP contribution in [0, 0.1) is 18.6 Å². The Labute approximate surface area is 153 Å². The lowest BCUT2D eigenvalue weighted by Gasteiger charge is -2.16. The highest BCUT2D eigenvalue weighted by molar-refractivity contribution is 7.13. The molecule has 0 fully saturated rings. The molecule has 1 aromatic heterocycles. The minimum Gasteiger partial charge on any atom is -0.311 e. The van der Waals surface area contributed by atoms with E-state index in [0.29, 0.717) is 29.9 Å². The number of anilines is 1. The molecule has 2 heterocycles. The van der Waals surface area contributed by atoms with Gasteiger partial charge in [0, 0.05) is 29.1 Å². The molecule has 1 amide bonds. The van der Waals surface area contributed by atoms with Gasteiger partial charge in [-0.05, 0) is 25.5 Å².